The van der Waals surface area contributed by atoms with Gasteiger partial charge in [-0.2, -0.15) is 0 Å². The van der Waals surface area contributed by atoms with E-state index in [4.69, 9.17) is 0 Å². The van der Waals surface area contributed by atoms with Crippen molar-refractivity contribution in [1.82, 2.24) is 10.6 Å². The summed E-state index contributed by atoms with van der Waals surface area (Å²) in [6, 6.07) is 0.0544. The molecule has 1 aliphatic heterocycles. The number of carboxylic acid groups (broad SMARTS) is 1. The predicted octanol–water partition coefficient (Wildman–Crippen LogP) is -5.31. The number of aliphatic carboxylic acids is 1. The first-order valence-corrected chi connectivity index (χ1v) is 3.43. The summed E-state index contributed by atoms with van der Waals surface area (Å²) in [7, 11) is 0. The molecule has 1 rings (SSSR count). The fourth-order valence-electron chi connectivity index (χ4n) is 1.06. The standard InChI is InChI=1S/C6H12N2O2.K/c9-6(10)3-5-4-7-1-2-8-5;/h5,7-8H,1-4H2,(H,9,10);/q;+1/p-1. The van der Waals surface area contributed by atoms with Crippen LogP contribution in [0.2, 0.25) is 0 Å². The Balaban J connectivity index is 0.000001000. The van der Waals surface area contributed by atoms with Crippen LogP contribution >= 0.6 is 0 Å². The third-order valence-corrected chi connectivity index (χ3v) is 1.54. The summed E-state index contributed by atoms with van der Waals surface area (Å²) in [5.74, 6) is -0.985. The van der Waals surface area contributed by atoms with E-state index in [9.17, 15) is 9.90 Å². The van der Waals surface area contributed by atoms with Crippen molar-refractivity contribution in [1.29, 1.82) is 0 Å². The zero-order valence-corrected chi connectivity index (χ0v) is 9.85. The van der Waals surface area contributed by atoms with E-state index in [-0.39, 0.29) is 63.8 Å². The molecule has 0 bridgehead atoms. The van der Waals surface area contributed by atoms with Gasteiger partial charge in [0.2, 0.25) is 0 Å². The molecule has 1 aliphatic rings. The molecule has 5 heteroatoms. The quantitative estimate of drug-likeness (QED) is 0.419. The number of carboxylic acids is 1. The van der Waals surface area contributed by atoms with E-state index in [0.717, 1.165) is 19.6 Å². The second-order valence-corrected chi connectivity index (χ2v) is 2.43. The van der Waals surface area contributed by atoms with Gasteiger partial charge in [0.25, 0.3) is 0 Å². The molecule has 2 N–H and O–H groups in total. The van der Waals surface area contributed by atoms with E-state index in [2.05, 4.69) is 10.6 Å². The molecule has 0 spiro atoms. The monoisotopic (exact) mass is 182 g/mol. The Morgan fingerprint density at radius 2 is 2.27 bits per heavy atom. The van der Waals surface area contributed by atoms with E-state index < -0.39 is 5.97 Å². The summed E-state index contributed by atoms with van der Waals surface area (Å²) < 4.78 is 0. The van der Waals surface area contributed by atoms with Gasteiger partial charge in [-0.15, -0.1) is 0 Å². The fourth-order valence-corrected chi connectivity index (χ4v) is 1.06. The molecule has 1 atom stereocenters. The van der Waals surface area contributed by atoms with E-state index in [1.807, 2.05) is 0 Å². The van der Waals surface area contributed by atoms with Gasteiger partial charge in [-0.3, -0.25) is 0 Å². The maximum Gasteiger partial charge on any atom is 1.00 e. The Hall–Kier alpha value is 1.03. The molecule has 0 radical (unpaired) electrons. The molecule has 0 aliphatic carbocycles. The van der Waals surface area contributed by atoms with Gasteiger partial charge < -0.3 is 20.5 Å². The molecule has 1 unspecified atom stereocenters. The zero-order chi connectivity index (χ0) is 7.40. The minimum atomic E-state index is -0.985. The van der Waals surface area contributed by atoms with Crippen molar-refractivity contribution in [2.45, 2.75) is 12.5 Å². The van der Waals surface area contributed by atoms with Crippen LogP contribution in [0.25, 0.3) is 0 Å². The number of hydrogen-bond acceptors (Lipinski definition) is 4. The molecular formula is C6H11KN2O2. The van der Waals surface area contributed by atoms with Crippen LogP contribution in [0.15, 0.2) is 0 Å². The Kier molecular flexibility index (Phi) is 7.14. The number of piperazine rings is 1. The van der Waals surface area contributed by atoms with Crippen molar-refractivity contribution in [3.8, 4) is 0 Å². The number of nitrogens with one attached hydrogen (secondary N) is 2. The predicted molar refractivity (Wildman–Crippen MR) is 34.3 cm³/mol. The molecule has 4 nitrogen and oxygen atoms in total. The van der Waals surface area contributed by atoms with Crippen molar-refractivity contribution >= 4 is 5.97 Å². The van der Waals surface area contributed by atoms with Crippen LogP contribution in [0.4, 0.5) is 0 Å². The summed E-state index contributed by atoms with van der Waals surface area (Å²) in [5, 5.41) is 16.2. The first-order valence-electron chi connectivity index (χ1n) is 3.43. The van der Waals surface area contributed by atoms with Crippen molar-refractivity contribution in [3.05, 3.63) is 0 Å². The summed E-state index contributed by atoms with van der Waals surface area (Å²) >= 11 is 0. The normalized spacial score (nSPS) is 23.8. The van der Waals surface area contributed by atoms with E-state index in [1.165, 1.54) is 0 Å². The maximum absolute atomic E-state index is 10.1. The van der Waals surface area contributed by atoms with Gasteiger partial charge >= 0.3 is 51.4 Å². The summed E-state index contributed by atoms with van der Waals surface area (Å²) in [6.45, 7) is 2.50. The molecule has 1 saturated heterocycles. The first-order chi connectivity index (χ1) is 4.79. The van der Waals surface area contributed by atoms with E-state index in [1.54, 1.807) is 0 Å². The Bertz CT molecular complexity index is 126. The smallest absolute Gasteiger partial charge is 0.550 e. The maximum atomic E-state index is 10.1. The van der Waals surface area contributed by atoms with Crippen LogP contribution in [0.5, 0.6) is 0 Å². The van der Waals surface area contributed by atoms with Crippen LogP contribution in [0.3, 0.4) is 0 Å². The molecule has 11 heavy (non-hydrogen) atoms. The van der Waals surface area contributed by atoms with Gasteiger partial charge in [0.1, 0.15) is 0 Å². The average molecular weight is 182 g/mol. The Labute approximate surface area is 109 Å². The number of carbonyl (C=O) groups is 1. The van der Waals surface area contributed by atoms with Gasteiger partial charge in [0, 0.05) is 38.1 Å². The molecular weight excluding hydrogens is 171 g/mol. The third-order valence-electron chi connectivity index (χ3n) is 1.54. The molecule has 0 aromatic heterocycles. The molecule has 0 aromatic rings. The molecule has 58 valence electrons. The number of hydrogen-bond donors (Lipinski definition) is 2. The third kappa shape index (κ3) is 5.29. The molecule has 0 amide bonds. The van der Waals surface area contributed by atoms with Gasteiger partial charge in [-0.25, -0.2) is 0 Å². The Morgan fingerprint density at radius 1 is 1.55 bits per heavy atom. The molecule has 1 fully saturated rings. The second-order valence-electron chi connectivity index (χ2n) is 2.43. The van der Waals surface area contributed by atoms with Crippen LogP contribution < -0.4 is 67.1 Å². The Morgan fingerprint density at radius 3 is 2.73 bits per heavy atom. The van der Waals surface area contributed by atoms with Gasteiger partial charge in [0.15, 0.2) is 0 Å². The van der Waals surface area contributed by atoms with Crippen molar-refractivity contribution in [3.63, 3.8) is 0 Å². The van der Waals surface area contributed by atoms with Crippen molar-refractivity contribution in [2.24, 2.45) is 0 Å². The van der Waals surface area contributed by atoms with Gasteiger partial charge in [-0.1, -0.05) is 0 Å². The van der Waals surface area contributed by atoms with Crippen molar-refractivity contribution < 1.29 is 61.3 Å². The number of rotatable bonds is 2. The second kappa shape index (κ2) is 6.53. The van der Waals surface area contributed by atoms with Gasteiger partial charge in [0.05, 0.1) is 0 Å². The minimum Gasteiger partial charge on any atom is -0.550 e. The van der Waals surface area contributed by atoms with Crippen LogP contribution in [0.1, 0.15) is 6.42 Å². The van der Waals surface area contributed by atoms with Gasteiger partial charge in [-0.05, 0) is 0 Å². The summed E-state index contributed by atoms with van der Waals surface area (Å²) in [5.41, 5.74) is 0. The average Bonchev–Trinajstić information content (AvgIpc) is 1.88. The van der Waals surface area contributed by atoms with Crippen LogP contribution in [-0.2, 0) is 4.79 Å². The summed E-state index contributed by atoms with van der Waals surface area (Å²) in [4.78, 5) is 10.1. The molecule has 0 aromatic carbocycles. The first kappa shape index (κ1) is 12.0. The minimum absolute atomic E-state index is 0. The van der Waals surface area contributed by atoms with E-state index >= 15 is 0 Å². The molecule has 0 saturated carbocycles. The SMILES string of the molecule is O=C([O-])CC1CNCCN1.[K+]. The van der Waals surface area contributed by atoms with Crippen LogP contribution in [-0.4, -0.2) is 31.6 Å². The largest absolute Gasteiger partial charge is 1.00 e. The van der Waals surface area contributed by atoms with Crippen molar-refractivity contribution in [2.75, 3.05) is 19.6 Å². The van der Waals surface area contributed by atoms with E-state index in [0.29, 0.717) is 0 Å². The number of carbonyl (C=O) groups excluding carboxylic acids is 1. The summed E-state index contributed by atoms with van der Waals surface area (Å²) in [6.07, 6.45) is 0.104. The zero-order valence-electron chi connectivity index (χ0n) is 6.72. The van der Waals surface area contributed by atoms with Crippen LogP contribution in [0, 0.1) is 0 Å². The topological polar surface area (TPSA) is 64.2 Å². The fraction of sp³-hybridized carbons (Fsp3) is 0.833. The molecule has 1 heterocycles.